The zero-order valence-electron chi connectivity index (χ0n) is 5.24. The third-order valence-corrected chi connectivity index (χ3v) is 0.908. The first-order chi connectivity index (χ1) is 4.50. The summed E-state index contributed by atoms with van der Waals surface area (Å²) in [5.41, 5.74) is 0. The Morgan fingerprint density at radius 1 is 0.900 bits per heavy atom. The van der Waals surface area contributed by atoms with Gasteiger partial charge in [0.1, 0.15) is 0 Å². The van der Waals surface area contributed by atoms with E-state index in [1.54, 1.807) is 0 Å². The molecule has 61 valence electrons. The van der Waals surface area contributed by atoms with Gasteiger partial charge in [0.05, 0.1) is 0 Å². The van der Waals surface area contributed by atoms with Crippen molar-refractivity contribution in [3.63, 3.8) is 0 Å². The molecule has 0 amide bonds. The molecule has 0 saturated heterocycles. The van der Waals surface area contributed by atoms with Crippen LogP contribution >= 0.6 is 36.8 Å². The van der Waals surface area contributed by atoms with Gasteiger partial charge in [-0.3, -0.25) is 0 Å². The molecule has 1 rings (SSSR count). The molecule has 0 bridgehead atoms. The predicted octanol–water partition coefficient (Wildman–Crippen LogP) is 4.33. The Morgan fingerprint density at radius 2 is 1.20 bits per heavy atom. The van der Waals surface area contributed by atoms with Crippen LogP contribution in [0.25, 0.3) is 0 Å². The summed E-state index contributed by atoms with van der Waals surface area (Å²) in [4.78, 5) is 0. The molecule has 0 atom stereocenters. The molecule has 1 aliphatic carbocycles. The quantitative estimate of drug-likeness (QED) is 0.584. The van der Waals surface area contributed by atoms with Crippen LogP contribution in [0.2, 0.25) is 0 Å². The fourth-order valence-corrected chi connectivity index (χ4v) is 0.589. The van der Waals surface area contributed by atoms with Crippen molar-refractivity contribution < 1.29 is 12.8 Å². The van der Waals surface area contributed by atoms with Crippen LogP contribution < -0.4 is 0 Å². The normalized spacial score (nSPS) is 18.0. The Bertz CT molecular complexity index is 62.6. The fourth-order valence-electron chi connectivity index (χ4n) is 0.589. The van der Waals surface area contributed by atoms with E-state index in [2.05, 4.69) is 12.8 Å². The van der Waals surface area contributed by atoms with Crippen LogP contribution in [0.3, 0.4) is 0 Å². The van der Waals surface area contributed by atoms with Gasteiger partial charge in [-0.05, 0) is 25.7 Å². The summed E-state index contributed by atoms with van der Waals surface area (Å²) in [6, 6.07) is 0. The van der Waals surface area contributed by atoms with Gasteiger partial charge in [-0.2, -0.15) is 0 Å². The standard InChI is InChI=1S/C5H8.4ClH.Nb/c1-2-4-5-3-1;;;;;/h1-2H,3-5H2;4*1H;/q;;;;;+4/p-4. The third-order valence-electron chi connectivity index (χ3n) is 0.908. The van der Waals surface area contributed by atoms with E-state index in [-0.39, 0.29) is 0 Å². The van der Waals surface area contributed by atoms with Crippen LogP contribution in [-0.2, 0) is 12.8 Å². The second-order valence-electron chi connectivity index (χ2n) is 1.79. The summed E-state index contributed by atoms with van der Waals surface area (Å²) >= 11 is -3.21. The van der Waals surface area contributed by atoms with Crippen LogP contribution in [0.1, 0.15) is 19.3 Å². The van der Waals surface area contributed by atoms with E-state index in [4.69, 9.17) is 36.8 Å². The van der Waals surface area contributed by atoms with Crippen molar-refractivity contribution in [2.24, 2.45) is 0 Å². The Kier molecular flexibility index (Phi) is 7.64. The van der Waals surface area contributed by atoms with Gasteiger partial charge in [0.15, 0.2) is 0 Å². The molecule has 10 heavy (non-hydrogen) atoms. The summed E-state index contributed by atoms with van der Waals surface area (Å²) in [6.07, 6.45) is 8.50. The molecule has 2 radical (unpaired) electrons. The Labute approximate surface area is 81.0 Å². The molecule has 5 heteroatoms. The molecule has 0 spiro atoms. The van der Waals surface area contributed by atoms with E-state index in [9.17, 15) is 0 Å². The Balaban J connectivity index is 0.000000162. The van der Waals surface area contributed by atoms with E-state index >= 15 is 0 Å². The van der Waals surface area contributed by atoms with Crippen LogP contribution in [0.15, 0.2) is 0 Å². The van der Waals surface area contributed by atoms with Crippen molar-refractivity contribution >= 4 is 36.8 Å². The van der Waals surface area contributed by atoms with E-state index in [1.807, 2.05) is 0 Å². The minimum absolute atomic E-state index is 1.32. The first-order valence-corrected chi connectivity index (χ1v) is 14.1. The second kappa shape index (κ2) is 6.42. The van der Waals surface area contributed by atoms with Crippen LogP contribution in [0, 0.1) is 12.8 Å². The summed E-state index contributed by atoms with van der Waals surface area (Å²) in [7, 11) is 20.1. The molecule has 0 heterocycles. The van der Waals surface area contributed by atoms with Gasteiger partial charge in [0.2, 0.25) is 0 Å². The monoisotopic (exact) mass is 301 g/mol. The van der Waals surface area contributed by atoms with Gasteiger partial charge in [0, 0.05) is 0 Å². The topological polar surface area (TPSA) is 0 Å². The zero-order chi connectivity index (χ0) is 8.04. The molecule has 0 N–H and O–H groups in total. The molecular formula is C5H8Cl4Nb. The van der Waals surface area contributed by atoms with Gasteiger partial charge in [-0.1, -0.05) is 6.42 Å². The zero-order valence-corrected chi connectivity index (χ0v) is 10.5. The average Bonchev–Trinajstić information content (AvgIpc) is 2.07. The van der Waals surface area contributed by atoms with E-state index in [1.165, 1.54) is 19.3 Å². The van der Waals surface area contributed by atoms with Gasteiger partial charge in [0.25, 0.3) is 0 Å². The van der Waals surface area contributed by atoms with Crippen molar-refractivity contribution in [1.29, 1.82) is 0 Å². The average molecular weight is 303 g/mol. The van der Waals surface area contributed by atoms with Crippen molar-refractivity contribution in [2.45, 2.75) is 19.3 Å². The van der Waals surface area contributed by atoms with Crippen molar-refractivity contribution in [2.75, 3.05) is 0 Å². The summed E-state index contributed by atoms with van der Waals surface area (Å²) in [5, 5.41) is 0. The molecule has 0 aromatic carbocycles. The van der Waals surface area contributed by atoms with Gasteiger partial charge in [-0.25, -0.2) is 0 Å². The number of hydrogen-bond donors (Lipinski definition) is 0. The number of halogens is 4. The molecule has 0 aliphatic heterocycles. The third kappa shape index (κ3) is 16.5. The Morgan fingerprint density at radius 3 is 1.30 bits per heavy atom. The van der Waals surface area contributed by atoms with E-state index in [0.29, 0.717) is 0 Å². The minimum atomic E-state index is -3.21. The molecule has 0 nitrogen and oxygen atoms in total. The SMILES string of the molecule is [CH]1[CH]CCC1.[Cl][Nb]([Cl])([Cl])[Cl]. The van der Waals surface area contributed by atoms with E-state index in [0.717, 1.165) is 0 Å². The summed E-state index contributed by atoms with van der Waals surface area (Å²) < 4.78 is 0. The van der Waals surface area contributed by atoms with Gasteiger partial charge < -0.3 is 0 Å². The van der Waals surface area contributed by atoms with Crippen LogP contribution in [0.5, 0.6) is 0 Å². The number of rotatable bonds is 0. The van der Waals surface area contributed by atoms with Crippen LogP contribution in [-0.4, -0.2) is 0 Å². The maximum absolute atomic E-state index is 5.03. The van der Waals surface area contributed by atoms with Crippen molar-refractivity contribution in [3.05, 3.63) is 12.8 Å². The summed E-state index contributed by atoms with van der Waals surface area (Å²) in [6.45, 7) is 0. The van der Waals surface area contributed by atoms with Gasteiger partial charge >= 0.3 is 49.6 Å². The predicted molar refractivity (Wildman–Crippen MR) is 45.9 cm³/mol. The summed E-state index contributed by atoms with van der Waals surface area (Å²) in [5.74, 6) is 0. The molecule has 0 aromatic heterocycles. The van der Waals surface area contributed by atoms with Crippen molar-refractivity contribution in [1.82, 2.24) is 0 Å². The van der Waals surface area contributed by atoms with Crippen molar-refractivity contribution in [3.8, 4) is 0 Å². The molecule has 0 unspecified atom stereocenters. The maximum atomic E-state index is 5.03. The molecule has 1 fully saturated rings. The van der Waals surface area contributed by atoms with Crippen LogP contribution in [0.4, 0.5) is 0 Å². The first-order valence-electron chi connectivity index (χ1n) is 2.83. The van der Waals surface area contributed by atoms with Gasteiger partial charge in [-0.15, -0.1) is 0 Å². The molecule has 0 aromatic rings. The van der Waals surface area contributed by atoms with E-state index < -0.39 is 12.8 Å². The molecule has 1 saturated carbocycles. The second-order valence-corrected chi connectivity index (χ2v) is 21.8. The first kappa shape index (κ1) is 11.9. The Hall–Kier alpha value is 1.90. The molecular weight excluding hydrogens is 295 g/mol. The fraction of sp³-hybridized carbons (Fsp3) is 0.600. The number of hydrogen-bond acceptors (Lipinski definition) is 0. The molecule has 1 aliphatic rings.